The number of ether oxygens (including phenoxy) is 1. The van der Waals surface area contributed by atoms with E-state index in [2.05, 4.69) is 15.9 Å². The Morgan fingerprint density at radius 3 is 2.66 bits per heavy atom. The number of benzene rings is 2. The second kappa shape index (κ2) is 9.66. The van der Waals surface area contributed by atoms with Crippen molar-refractivity contribution in [1.29, 1.82) is 0 Å². The molecule has 0 amide bonds. The number of ketones is 1. The van der Waals surface area contributed by atoms with Crippen LogP contribution in [0.2, 0.25) is 0 Å². The van der Waals surface area contributed by atoms with E-state index in [-0.39, 0.29) is 23.0 Å². The van der Waals surface area contributed by atoms with Crippen LogP contribution in [-0.4, -0.2) is 37.6 Å². The third kappa shape index (κ3) is 4.85. The molecule has 32 heavy (non-hydrogen) atoms. The highest BCUT2D eigenvalue weighted by Gasteiger charge is 2.38. The van der Waals surface area contributed by atoms with Gasteiger partial charge in [0.2, 0.25) is 0 Å². The minimum Gasteiger partial charge on any atom is -0.457 e. The Morgan fingerprint density at radius 1 is 1.09 bits per heavy atom. The van der Waals surface area contributed by atoms with Gasteiger partial charge in [0.1, 0.15) is 4.21 Å². The third-order valence-electron chi connectivity index (χ3n) is 5.29. The van der Waals surface area contributed by atoms with Crippen LogP contribution in [0.15, 0.2) is 74.7 Å². The Hall–Kier alpha value is -2.33. The summed E-state index contributed by atoms with van der Waals surface area (Å²) >= 11 is 4.46. The highest BCUT2D eigenvalue weighted by Crippen LogP contribution is 2.37. The Labute approximate surface area is 199 Å². The van der Waals surface area contributed by atoms with Crippen molar-refractivity contribution < 1.29 is 22.7 Å². The Kier molecular flexibility index (Phi) is 6.90. The van der Waals surface area contributed by atoms with E-state index in [0.29, 0.717) is 12.0 Å². The number of nitrogens with zero attached hydrogens (tertiary/aromatic N) is 1. The predicted molar refractivity (Wildman–Crippen MR) is 125 cm³/mol. The summed E-state index contributed by atoms with van der Waals surface area (Å²) in [5, 5.41) is 1.71. The fourth-order valence-electron chi connectivity index (χ4n) is 3.76. The fraction of sp³-hybridized carbons (Fsp3) is 0.217. The molecule has 0 saturated heterocycles. The van der Waals surface area contributed by atoms with Crippen LogP contribution < -0.4 is 0 Å². The van der Waals surface area contributed by atoms with Crippen LogP contribution >= 0.6 is 27.3 Å². The molecule has 1 unspecified atom stereocenters. The van der Waals surface area contributed by atoms with Gasteiger partial charge < -0.3 is 4.74 Å². The quantitative estimate of drug-likeness (QED) is 0.327. The van der Waals surface area contributed by atoms with Crippen molar-refractivity contribution in [3.63, 3.8) is 0 Å². The van der Waals surface area contributed by atoms with Gasteiger partial charge in [-0.2, -0.15) is 4.31 Å². The van der Waals surface area contributed by atoms with E-state index in [1.807, 2.05) is 24.3 Å². The molecule has 1 aliphatic rings. The van der Waals surface area contributed by atoms with E-state index >= 15 is 0 Å². The molecule has 0 fully saturated rings. The van der Waals surface area contributed by atoms with Gasteiger partial charge in [0.05, 0.1) is 12.5 Å². The first-order valence-electron chi connectivity index (χ1n) is 9.94. The van der Waals surface area contributed by atoms with Gasteiger partial charge >= 0.3 is 5.97 Å². The summed E-state index contributed by atoms with van der Waals surface area (Å²) < 4.78 is 34.1. The van der Waals surface area contributed by atoms with Gasteiger partial charge in [-0.1, -0.05) is 58.4 Å². The zero-order valence-corrected chi connectivity index (χ0v) is 20.2. The van der Waals surface area contributed by atoms with Crippen molar-refractivity contribution in [3.8, 4) is 0 Å². The highest BCUT2D eigenvalue weighted by atomic mass is 79.9. The molecule has 166 valence electrons. The van der Waals surface area contributed by atoms with Gasteiger partial charge in [0.25, 0.3) is 10.0 Å². The Morgan fingerprint density at radius 2 is 1.91 bits per heavy atom. The zero-order valence-electron chi connectivity index (χ0n) is 16.9. The number of sulfonamides is 1. The molecule has 0 saturated carbocycles. The molecule has 3 aromatic rings. The first-order chi connectivity index (χ1) is 15.4. The van der Waals surface area contributed by atoms with E-state index in [1.165, 1.54) is 4.31 Å². The average Bonchev–Trinajstić information content (AvgIpc) is 3.33. The number of hydrogen-bond donors (Lipinski definition) is 0. The van der Waals surface area contributed by atoms with Crippen LogP contribution in [0.3, 0.4) is 0 Å². The number of halogens is 1. The minimum atomic E-state index is -3.76. The van der Waals surface area contributed by atoms with Crippen LogP contribution in [0.5, 0.6) is 0 Å². The Balaban J connectivity index is 1.53. The van der Waals surface area contributed by atoms with E-state index in [9.17, 15) is 18.0 Å². The lowest BCUT2D eigenvalue weighted by Gasteiger charge is -2.35. The monoisotopic (exact) mass is 533 g/mol. The summed E-state index contributed by atoms with van der Waals surface area (Å²) in [5.74, 6) is -0.951. The second-order valence-electron chi connectivity index (χ2n) is 7.31. The van der Waals surface area contributed by atoms with E-state index in [4.69, 9.17) is 4.74 Å². The fourth-order valence-corrected chi connectivity index (χ4v) is 6.89. The number of carbonyl (C=O) groups excluding carboxylic acids is 2. The van der Waals surface area contributed by atoms with E-state index in [1.54, 1.807) is 41.8 Å². The molecule has 0 aliphatic carbocycles. The van der Waals surface area contributed by atoms with Crippen molar-refractivity contribution in [1.82, 2.24) is 4.31 Å². The van der Waals surface area contributed by atoms with Crippen LogP contribution in [-0.2, 0) is 26.0 Å². The first kappa shape index (κ1) is 22.8. The SMILES string of the molecule is O=C(CC1c2ccccc2CCN1S(=O)(=O)c1cccs1)OCC(=O)c1cccc(Br)c1. The zero-order chi connectivity index (χ0) is 22.7. The number of rotatable bonds is 7. The molecule has 1 aromatic heterocycles. The molecular weight excluding hydrogens is 514 g/mol. The lowest BCUT2D eigenvalue weighted by atomic mass is 9.92. The maximum absolute atomic E-state index is 13.3. The standard InChI is InChI=1S/C23H20BrNO5S2/c24-18-7-3-6-17(13-18)21(26)15-30-22(27)14-20-19-8-2-1-5-16(19)10-11-25(20)32(28,29)23-9-4-12-31-23/h1-9,12-13,20H,10-11,14-15H2. The predicted octanol–water partition coefficient (Wildman–Crippen LogP) is 4.61. The number of carbonyl (C=O) groups is 2. The van der Waals surface area contributed by atoms with Crippen LogP contribution in [0, 0.1) is 0 Å². The molecule has 1 aliphatic heterocycles. The normalized spacial score (nSPS) is 16.3. The van der Waals surface area contributed by atoms with Crippen LogP contribution in [0.25, 0.3) is 0 Å². The van der Waals surface area contributed by atoms with Crippen LogP contribution in [0.1, 0.15) is 33.9 Å². The number of fused-ring (bicyclic) bond motifs is 1. The van der Waals surface area contributed by atoms with E-state index in [0.717, 1.165) is 26.9 Å². The van der Waals surface area contributed by atoms with Gasteiger partial charge in [-0.15, -0.1) is 11.3 Å². The molecule has 0 N–H and O–H groups in total. The van der Waals surface area contributed by atoms with Gasteiger partial charge in [0.15, 0.2) is 12.4 Å². The molecule has 2 aromatic carbocycles. The smallest absolute Gasteiger partial charge is 0.308 e. The summed E-state index contributed by atoms with van der Waals surface area (Å²) in [5.41, 5.74) is 2.22. The molecule has 4 rings (SSSR count). The van der Waals surface area contributed by atoms with Gasteiger partial charge in [-0.25, -0.2) is 8.42 Å². The van der Waals surface area contributed by atoms with Crippen LogP contribution in [0.4, 0.5) is 0 Å². The number of esters is 1. The molecule has 0 spiro atoms. The molecule has 6 nitrogen and oxygen atoms in total. The molecule has 2 heterocycles. The Bertz CT molecular complexity index is 1240. The summed E-state index contributed by atoms with van der Waals surface area (Å²) in [6.45, 7) is -0.131. The van der Waals surface area contributed by atoms with Gasteiger partial charge in [-0.3, -0.25) is 9.59 Å². The molecule has 1 atom stereocenters. The van der Waals surface area contributed by atoms with E-state index < -0.39 is 28.6 Å². The van der Waals surface area contributed by atoms with Crippen molar-refractivity contribution in [2.45, 2.75) is 23.1 Å². The molecular formula is C23H20BrNO5S2. The highest BCUT2D eigenvalue weighted by molar-refractivity contribution is 9.10. The summed E-state index contributed by atoms with van der Waals surface area (Å²) in [6, 6.07) is 16.9. The number of Topliss-reactive ketones (excluding diaryl/α,β-unsaturated/α-hetero) is 1. The third-order valence-corrected chi connectivity index (χ3v) is 9.07. The van der Waals surface area contributed by atoms with Crippen molar-refractivity contribution in [3.05, 3.63) is 87.2 Å². The number of thiophene rings is 1. The summed E-state index contributed by atoms with van der Waals surface area (Å²) in [4.78, 5) is 25.0. The lowest BCUT2D eigenvalue weighted by Crippen LogP contribution is -2.41. The first-order valence-corrected chi connectivity index (χ1v) is 13.0. The lowest BCUT2D eigenvalue weighted by molar-refractivity contribution is -0.143. The molecule has 0 bridgehead atoms. The van der Waals surface area contributed by atoms with Crippen molar-refractivity contribution >= 4 is 49.0 Å². The molecule has 0 radical (unpaired) electrons. The topological polar surface area (TPSA) is 80.8 Å². The van der Waals surface area contributed by atoms with Crippen molar-refractivity contribution in [2.24, 2.45) is 0 Å². The summed E-state index contributed by atoms with van der Waals surface area (Å²) in [7, 11) is -3.76. The maximum Gasteiger partial charge on any atom is 0.308 e. The van der Waals surface area contributed by atoms with Crippen molar-refractivity contribution in [2.75, 3.05) is 13.2 Å². The summed E-state index contributed by atoms with van der Waals surface area (Å²) in [6.07, 6.45) is 0.390. The molecule has 9 heteroatoms. The largest absolute Gasteiger partial charge is 0.457 e. The average molecular weight is 534 g/mol. The van der Waals surface area contributed by atoms with Gasteiger partial charge in [0, 0.05) is 16.6 Å². The second-order valence-corrected chi connectivity index (χ2v) is 11.3. The van der Waals surface area contributed by atoms with Gasteiger partial charge in [-0.05, 0) is 41.1 Å². The minimum absolute atomic E-state index is 0.173. The number of hydrogen-bond acceptors (Lipinski definition) is 6. The maximum atomic E-state index is 13.3.